The summed E-state index contributed by atoms with van der Waals surface area (Å²) in [6.45, 7) is 4.02. The minimum absolute atomic E-state index is 0.433. The summed E-state index contributed by atoms with van der Waals surface area (Å²) in [5, 5.41) is 6.91. The molecule has 3 aromatic rings. The highest BCUT2D eigenvalue weighted by Gasteiger charge is 2.29. The van der Waals surface area contributed by atoms with Gasteiger partial charge < -0.3 is 0 Å². The lowest BCUT2D eigenvalue weighted by atomic mass is 9.97. The Morgan fingerprint density at radius 3 is 2.28 bits per heavy atom. The van der Waals surface area contributed by atoms with Crippen LogP contribution in [0.1, 0.15) is 22.7 Å². The molecule has 3 nitrogen and oxygen atoms in total. The molecule has 0 unspecified atom stereocenters. The first-order chi connectivity index (χ1) is 14.4. The molecule has 1 fully saturated rings. The molecule has 0 bridgehead atoms. The van der Waals surface area contributed by atoms with Crippen molar-refractivity contribution in [2.75, 3.05) is 26.2 Å². The van der Waals surface area contributed by atoms with Gasteiger partial charge in [-0.15, -0.1) is 0 Å². The predicted molar refractivity (Wildman–Crippen MR) is 121 cm³/mol. The number of hydrogen-bond acceptors (Lipinski definition) is 4. The molecule has 2 aliphatic heterocycles. The number of piperazine rings is 1. The lowest BCUT2D eigenvalue weighted by Crippen LogP contribution is -2.46. The summed E-state index contributed by atoms with van der Waals surface area (Å²) >= 11 is 1.92. The Balaban J connectivity index is 1.33. The van der Waals surface area contributed by atoms with E-state index in [1.54, 1.807) is 0 Å². The van der Waals surface area contributed by atoms with Gasteiger partial charge in [-0.25, -0.2) is 0 Å². The Kier molecular flexibility index (Phi) is 5.37. The Labute approximate surface area is 177 Å². The molecule has 0 saturated carbocycles. The third-order valence-electron chi connectivity index (χ3n) is 5.78. The SMILES string of the molecule is C(=N/N1CCN([C@@H]2Cc3ccccc3Sc3ccccc32)CC1)/c1ccccc1. The molecule has 0 aromatic heterocycles. The van der Waals surface area contributed by atoms with Gasteiger partial charge in [0, 0.05) is 42.0 Å². The molecule has 2 aliphatic rings. The van der Waals surface area contributed by atoms with E-state index in [0.29, 0.717) is 6.04 Å². The normalized spacial score (nSPS) is 19.6. The average molecular weight is 400 g/mol. The van der Waals surface area contributed by atoms with Crippen molar-refractivity contribution in [2.45, 2.75) is 22.3 Å². The van der Waals surface area contributed by atoms with Crippen molar-refractivity contribution in [1.82, 2.24) is 9.91 Å². The molecule has 5 rings (SSSR count). The highest BCUT2D eigenvalue weighted by atomic mass is 32.2. The van der Waals surface area contributed by atoms with Gasteiger partial charge in [0.05, 0.1) is 6.21 Å². The fourth-order valence-electron chi connectivity index (χ4n) is 4.21. The van der Waals surface area contributed by atoms with Crippen LogP contribution in [0.3, 0.4) is 0 Å². The summed E-state index contributed by atoms with van der Waals surface area (Å²) in [5.74, 6) is 0. The van der Waals surface area contributed by atoms with Crippen LogP contribution in [0.4, 0.5) is 0 Å². The molecule has 146 valence electrons. The Morgan fingerprint density at radius 2 is 1.45 bits per heavy atom. The van der Waals surface area contributed by atoms with E-state index < -0.39 is 0 Å². The van der Waals surface area contributed by atoms with Crippen LogP contribution in [0.25, 0.3) is 0 Å². The second kappa shape index (κ2) is 8.44. The predicted octanol–water partition coefficient (Wildman–Crippen LogP) is 5.09. The fourth-order valence-corrected chi connectivity index (χ4v) is 5.34. The first-order valence-electron chi connectivity index (χ1n) is 10.3. The van der Waals surface area contributed by atoms with Gasteiger partial charge in [-0.2, -0.15) is 5.10 Å². The molecular formula is C25H25N3S. The van der Waals surface area contributed by atoms with E-state index in [1.807, 2.05) is 24.0 Å². The van der Waals surface area contributed by atoms with Crippen LogP contribution in [0.15, 0.2) is 93.8 Å². The second-order valence-corrected chi connectivity index (χ2v) is 8.70. The molecule has 1 atom stereocenters. The van der Waals surface area contributed by atoms with Crippen LogP contribution in [-0.4, -0.2) is 42.3 Å². The number of fused-ring (bicyclic) bond motifs is 2. The molecule has 0 spiro atoms. The topological polar surface area (TPSA) is 18.8 Å². The third kappa shape index (κ3) is 4.09. The maximum absolute atomic E-state index is 4.71. The molecular weight excluding hydrogens is 374 g/mol. The van der Waals surface area contributed by atoms with E-state index in [1.165, 1.54) is 20.9 Å². The molecule has 0 N–H and O–H groups in total. The monoisotopic (exact) mass is 399 g/mol. The van der Waals surface area contributed by atoms with Gasteiger partial charge in [0.15, 0.2) is 0 Å². The number of hydrazone groups is 1. The van der Waals surface area contributed by atoms with Crippen LogP contribution in [0.5, 0.6) is 0 Å². The van der Waals surface area contributed by atoms with Crippen LogP contribution >= 0.6 is 11.8 Å². The molecule has 4 heteroatoms. The van der Waals surface area contributed by atoms with Crippen molar-refractivity contribution in [1.29, 1.82) is 0 Å². The fraction of sp³-hybridized carbons (Fsp3) is 0.240. The Bertz CT molecular complexity index is 994. The number of nitrogens with zero attached hydrogens (tertiary/aromatic N) is 3. The summed E-state index contributed by atoms with van der Waals surface area (Å²) in [6.07, 6.45) is 3.05. The summed E-state index contributed by atoms with van der Waals surface area (Å²) in [4.78, 5) is 5.44. The van der Waals surface area contributed by atoms with Crippen molar-refractivity contribution in [2.24, 2.45) is 5.10 Å². The largest absolute Gasteiger partial charge is 0.294 e. The Hall–Kier alpha value is -2.56. The lowest BCUT2D eigenvalue weighted by Gasteiger charge is -2.38. The van der Waals surface area contributed by atoms with Crippen LogP contribution < -0.4 is 0 Å². The van der Waals surface area contributed by atoms with Crippen LogP contribution in [-0.2, 0) is 6.42 Å². The van der Waals surface area contributed by atoms with Crippen molar-refractivity contribution >= 4 is 18.0 Å². The highest BCUT2D eigenvalue weighted by molar-refractivity contribution is 7.99. The lowest BCUT2D eigenvalue weighted by molar-refractivity contribution is 0.0970. The van der Waals surface area contributed by atoms with Crippen molar-refractivity contribution in [3.63, 3.8) is 0 Å². The summed E-state index contributed by atoms with van der Waals surface area (Å²) in [7, 11) is 0. The molecule has 0 radical (unpaired) electrons. The molecule has 3 aromatic carbocycles. The quantitative estimate of drug-likeness (QED) is 0.572. The zero-order chi connectivity index (χ0) is 19.5. The first kappa shape index (κ1) is 18.5. The van der Waals surface area contributed by atoms with E-state index in [2.05, 4.69) is 82.7 Å². The van der Waals surface area contributed by atoms with E-state index in [9.17, 15) is 0 Å². The van der Waals surface area contributed by atoms with E-state index in [0.717, 1.165) is 38.2 Å². The number of benzene rings is 3. The van der Waals surface area contributed by atoms with Gasteiger partial charge in [0.1, 0.15) is 0 Å². The summed E-state index contributed by atoms with van der Waals surface area (Å²) < 4.78 is 0. The smallest absolute Gasteiger partial charge is 0.0542 e. The van der Waals surface area contributed by atoms with E-state index in [-0.39, 0.29) is 0 Å². The zero-order valence-electron chi connectivity index (χ0n) is 16.4. The third-order valence-corrected chi connectivity index (χ3v) is 6.99. The van der Waals surface area contributed by atoms with Crippen molar-refractivity contribution < 1.29 is 0 Å². The molecule has 29 heavy (non-hydrogen) atoms. The number of rotatable bonds is 3. The molecule has 0 aliphatic carbocycles. The summed E-state index contributed by atoms with van der Waals surface area (Å²) in [5.41, 5.74) is 4.08. The van der Waals surface area contributed by atoms with Crippen LogP contribution in [0, 0.1) is 0 Å². The number of hydrogen-bond donors (Lipinski definition) is 0. The second-order valence-electron chi connectivity index (χ2n) is 7.61. The van der Waals surface area contributed by atoms with Crippen molar-refractivity contribution in [3.8, 4) is 0 Å². The van der Waals surface area contributed by atoms with Crippen molar-refractivity contribution in [3.05, 3.63) is 95.6 Å². The van der Waals surface area contributed by atoms with E-state index >= 15 is 0 Å². The van der Waals surface area contributed by atoms with Gasteiger partial charge >= 0.3 is 0 Å². The molecule has 1 saturated heterocycles. The molecule has 0 amide bonds. The zero-order valence-corrected chi connectivity index (χ0v) is 17.3. The van der Waals surface area contributed by atoms with Crippen LogP contribution in [0.2, 0.25) is 0 Å². The van der Waals surface area contributed by atoms with Gasteiger partial charge in [-0.3, -0.25) is 9.91 Å². The Morgan fingerprint density at radius 1 is 0.759 bits per heavy atom. The van der Waals surface area contributed by atoms with E-state index in [4.69, 9.17) is 5.10 Å². The van der Waals surface area contributed by atoms with Gasteiger partial charge in [0.25, 0.3) is 0 Å². The van der Waals surface area contributed by atoms with Gasteiger partial charge in [0.2, 0.25) is 0 Å². The highest BCUT2D eigenvalue weighted by Crippen LogP contribution is 2.42. The standard InChI is InChI=1S/C25H25N3S/c1-2-8-20(9-3-1)19-26-28-16-14-27(15-17-28)23-18-21-10-4-6-12-24(21)29-25-13-7-5-11-22(23)25/h1-13,19,23H,14-18H2/b26-19-/t23-/m1/s1. The minimum Gasteiger partial charge on any atom is -0.294 e. The first-order valence-corrected chi connectivity index (χ1v) is 11.1. The molecule has 2 heterocycles. The minimum atomic E-state index is 0.433. The maximum atomic E-state index is 4.71. The van der Waals surface area contributed by atoms with Gasteiger partial charge in [-0.1, -0.05) is 78.5 Å². The van der Waals surface area contributed by atoms with Gasteiger partial charge in [-0.05, 0) is 35.2 Å². The average Bonchev–Trinajstić information content (AvgIpc) is 2.95. The maximum Gasteiger partial charge on any atom is 0.0542 e. The summed E-state index contributed by atoms with van der Waals surface area (Å²) in [6, 6.07) is 28.6.